The van der Waals surface area contributed by atoms with E-state index >= 15 is 0 Å². The zero-order valence-corrected chi connectivity index (χ0v) is 13.9. The molecule has 1 aliphatic heterocycles. The van der Waals surface area contributed by atoms with Crippen molar-refractivity contribution in [3.8, 4) is 0 Å². The molecular weight excluding hydrogens is 286 g/mol. The number of hydrogen-bond donors (Lipinski definition) is 2. The van der Waals surface area contributed by atoms with Gasteiger partial charge in [0.2, 0.25) is 5.91 Å². The topological polar surface area (TPSA) is 57.8 Å². The molecule has 0 spiro atoms. The van der Waals surface area contributed by atoms with E-state index in [4.69, 9.17) is 0 Å². The quantitative estimate of drug-likeness (QED) is 0.839. The summed E-state index contributed by atoms with van der Waals surface area (Å²) in [5, 5.41) is 4.19. The highest BCUT2D eigenvalue weighted by Gasteiger charge is 2.59. The standard InChI is InChI=1S/C19H23N3O/c1-9-12(6-10-7-13(9)19(10,2)3)16-15-11-4-5-20-17(11)21-8-14(15)22-18(16)23/h4-5,8-10,12-13,16H,6-7H2,1-3H3,(H,20,21)(H,22,23)/t9-,10+,12+,13+,16?/m0/s1. The molecule has 0 radical (unpaired) electrons. The van der Waals surface area contributed by atoms with Crippen molar-refractivity contribution in [1.82, 2.24) is 9.97 Å². The van der Waals surface area contributed by atoms with Crippen molar-refractivity contribution in [1.29, 1.82) is 0 Å². The van der Waals surface area contributed by atoms with Crippen molar-refractivity contribution in [2.24, 2.45) is 29.1 Å². The van der Waals surface area contributed by atoms with E-state index in [2.05, 4.69) is 42.1 Å². The first-order valence-electron chi connectivity index (χ1n) is 8.75. The van der Waals surface area contributed by atoms with Gasteiger partial charge in [-0.1, -0.05) is 20.8 Å². The van der Waals surface area contributed by atoms with E-state index in [-0.39, 0.29) is 11.8 Å². The molecule has 1 unspecified atom stereocenters. The monoisotopic (exact) mass is 309 g/mol. The Kier molecular flexibility index (Phi) is 2.46. The van der Waals surface area contributed by atoms with Gasteiger partial charge in [0.05, 0.1) is 17.8 Å². The van der Waals surface area contributed by atoms with Gasteiger partial charge in [0.15, 0.2) is 0 Å². The van der Waals surface area contributed by atoms with Crippen molar-refractivity contribution < 1.29 is 4.79 Å². The number of pyridine rings is 1. The molecule has 6 rings (SSSR count). The molecule has 4 nitrogen and oxygen atoms in total. The number of hydrogen-bond acceptors (Lipinski definition) is 2. The fraction of sp³-hybridized carbons (Fsp3) is 0.579. The van der Waals surface area contributed by atoms with E-state index in [1.165, 1.54) is 18.4 Å². The summed E-state index contributed by atoms with van der Waals surface area (Å²) < 4.78 is 0. The maximum absolute atomic E-state index is 12.8. The molecule has 0 saturated heterocycles. The van der Waals surface area contributed by atoms with Crippen LogP contribution in [0.1, 0.15) is 45.1 Å². The molecule has 3 saturated carbocycles. The molecular formula is C19H23N3O. The van der Waals surface area contributed by atoms with E-state index in [0.29, 0.717) is 17.3 Å². The first-order valence-corrected chi connectivity index (χ1v) is 8.75. The summed E-state index contributed by atoms with van der Waals surface area (Å²) in [6.45, 7) is 7.19. The molecule has 5 atom stereocenters. The third-order valence-corrected chi connectivity index (χ3v) is 7.32. The first kappa shape index (κ1) is 13.6. The second-order valence-electron chi connectivity index (χ2n) is 8.41. The molecule has 4 aliphatic rings. The van der Waals surface area contributed by atoms with Crippen LogP contribution in [-0.4, -0.2) is 15.9 Å². The largest absolute Gasteiger partial charge is 0.346 e. The summed E-state index contributed by atoms with van der Waals surface area (Å²) in [6, 6.07) is 2.06. The third kappa shape index (κ3) is 1.57. The lowest BCUT2D eigenvalue weighted by molar-refractivity contribution is -0.142. The average Bonchev–Trinajstić information content (AvgIpc) is 3.09. The van der Waals surface area contributed by atoms with Gasteiger partial charge in [-0.2, -0.15) is 0 Å². The van der Waals surface area contributed by atoms with Crippen molar-refractivity contribution >= 4 is 22.6 Å². The van der Waals surface area contributed by atoms with Crippen LogP contribution in [0, 0.1) is 29.1 Å². The van der Waals surface area contributed by atoms with Crippen molar-refractivity contribution in [3.05, 3.63) is 24.0 Å². The number of carbonyl (C=O) groups excluding carboxylic acids is 1. The number of anilines is 1. The summed E-state index contributed by atoms with van der Waals surface area (Å²) in [7, 11) is 0. The van der Waals surface area contributed by atoms with Gasteiger partial charge in [-0.15, -0.1) is 0 Å². The minimum absolute atomic E-state index is 0.0114. The normalized spacial score (nSPS) is 37.3. The number of fused-ring (bicyclic) bond motifs is 5. The fourth-order valence-electron chi connectivity index (χ4n) is 5.84. The Bertz CT molecular complexity index is 821. The number of aromatic amines is 1. The molecule has 2 aromatic rings. The second kappa shape index (κ2) is 4.16. The van der Waals surface area contributed by atoms with Crippen LogP contribution < -0.4 is 5.32 Å². The van der Waals surface area contributed by atoms with E-state index in [0.717, 1.165) is 28.6 Å². The van der Waals surface area contributed by atoms with E-state index < -0.39 is 0 Å². The lowest BCUT2D eigenvalue weighted by atomic mass is 9.42. The number of H-pyrrole nitrogens is 1. The van der Waals surface area contributed by atoms with E-state index in [9.17, 15) is 4.79 Å². The smallest absolute Gasteiger partial charge is 0.232 e. The Morgan fingerprint density at radius 3 is 2.87 bits per heavy atom. The van der Waals surface area contributed by atoms with Crippen LogP contribution in [0.5, 0.6) is 0 Å². The number of carbonyl (C=O) groups is 1. The Hall–Kier alpha value is -1.84. The highest BCUT2D eigenvalue weighted by molar-refractivity contribution is 6.07. The zero-order valence-electron chi connectivity index (χ0n) is 13.9. The number of nitrogens with one attached hydrogen (secondary N) is 2. The van der Waals surface area contributed by atoms with Crippen molar-refractivity contribution in [2.45, 2.75) is 39.5 Å². The second-order valence-corrected chi connectivity index (χ2v) is 8.41. The Morgan fingerprint density at radius 1 is 1.30 bits per heavy atom. The summed E-state index contributed by atoms with van der Waals surface area (Å²) in [5.74, 6) is 2.74. The molecule has 2 N–H and O–H groups in total. The minimum atomic E-state index is -0.0114. The molecule has 3 heterocycles. The van der Waals surface area contributed by atoms with Crippen molar-refractivity contribution in [2.75, 3.05) is 5.32 Å². The van der Waals surface area contributed by atoms with Gasteiger partial charge in [-0.25, -0.2) is 4.98 Å². The maximum atomic E-state index is 12.8. The van der Waals surface area contributed by atoms with Crippen LogP contribution >= 0.6 is 0 Å². The van der Waals surface area contributed by atoms with E-state index in [1.807, 2.05) is 12.4 Å². The molecule has 3 aliphatic carbocycles. The van der Waals surface area contributed by atoms with Gasteiger partial charge in [0.1, 0.15) is 5.65 Å². The van der Waals surface area contributed by atoms with Gasteiger partial charge in [0.25, 0.3) is 0 Å². The highest BCUT2D eigenvalue weighted by atomic mass is 16.2. The van der Waals surface area contributed by atoms with Crippen LogP contribution in [0.3, 0.4) is 0 Å². The molecule has 0 aromatic carbocycles. The number of amides is 1. The van der Waals surface area contributed by atoms with Crippen LogP contribution in [-0.2, 0) is 4.79 Å². The average molecular weight is 309 g/mol. The molecule has 4 heteroatoms. The molecule has 23 heavy (non-hydrogen) atoms. The molecule has 1 amide bonds. The predicted molar refractivity (Wildman–Crippen MR) is 90.1 cm³/mol. The third-order valence-electron chi connectivity index (χ3n) is 7.32. The zero-order chi connectivity index (χ0) is 15.9. The lowest BCUT2D eigenvalue weighted by Gasteiger charge is -2.62. The molecule has 3 fully saturated rings. The Morgan fingerprint density at radius 2 is 2.13 bits per heavy atom. The number of nitrogens with zero attached hydrogens (tertiary/aromatic N) is 1. The highest BCUT2D eigenvalue weighted by Crippen LogP contribution is 2.65. The number of rotatable bonds is 1. The van der Waals surface area contributed by atoms with Crippen LogP contribution in [0.15, 0.2) is 18.5 Å². The predicted octanol–water partition coefficient (Wildman–Crippen LogP) is 3.92. The van der Waals surface area contributed by atoms with Crippen LogP contribution in [0.25, 0.3) is 11.0 Å². The van der Waals surface area contributed by atoms with E-state index in [1.54, 1.807) is 0 Å². The van der Waals surface area contributed by atoms with Gasteiger partial charge < -0.3 is 10.3 Å². The van der Waals surface area contributed by atoms with Crippen LogP contribution in [0.4, 0.5) is 5.69 Å². The summed E-state index contributed by atoms with van der Waals surface area (Å²) in [5.41, 5.74) is 3.43. The minimum Gasteiger partial charge on any atom is -0.346 e. The SMILES string of the molecule is C[C@@H]1[C@H]2C[C@@H](C[C@H]1C1C(=O)Nc3cnc4[nH]ccc4c31)C2(C)C. The van der Waals surface area contributed by atoms with Gasteiger partial charge >= 0.3 is 0 Å². The van der Waals surface area contributed by atoms with Gasteiger partial charge in [-0.3, -0.25) is 4.79 Å². The number of aromatic nitrogens is 2. The van der Waals surface area contributed by atoms with Crippen LogP contribution in [0.2, 0.25) is 0 Å². The summed E-state index contributed by atoms with van der Waals surface area (Å²) in [4.78, 5) is 20.4. The van der Waals surface area contributed by atoms with Gasteiger partial charge in [0, 0.05) is 17.1 Å². The Balaban J connectivity index is 1.60. The summed E-state index contributed by atoms with van der Waals surface area (Å²) in [6.07, 6.45) is 6.26. The van der Waals surface area contributed by atoms with Crippen molar-refractivity contribution in [3.63, 3.8) is 0 Å². The van der Waals surface area contributed by atoms with Gasteiger partial charge in [-0.05, 0) is 48.0 Å². The lowest BCUT2D eigenvalue weighted by Crippen LogP contribution is -2.56. The first-order chi connectivity index (χ1) is 11.0. The summed E-state index contributed by atoms with van der Waals surface area (Å²) >= 11 is 0. The molecule has 2 bridgehead atoms. The molecule has 2 aromatic heterocycles. The Labute approximate surface area is 136 Å². The maximum Gasteiger partial charge on any atom is 0.232 e. The molecule has 120 valence electrons. The fourth-order valence-corrected chi connectivity index (χ4v) is 5.84.